The van der Waals surface area contributed by atoms with Gasteiger partial charge in [0, 0.05) is 18.7 Å². The molecule has 1 aromatic heterocycles. The number of esters is 1. The Morgan fingerprint density at radius 1 is 1.20 bits per heavy atom. The molecule has 0 N–H and O–H groups in total. The monoisotopic (exact) mass is 426 g/mol. The molecule has 1 aromatic carbocycles. The molecular weight excluding hydrogens is 404 g/mol. The highest BCUT2D eigenvalue weighted by Gasteiger charge is 2.35. The second-order valence-electron chi connectivity index (χ2n) is 7.02. The molecular formula is C21H22F4N2O3. The van der Waals surface area contributed by atoms with Gasteiger partial charge < -0.3 is 14.4 Å². The number of alkyl halides is 4. The molecule has 2 aromatic rings. The van der Waals surface area contributed by atoms with E-state index in [1.807, 2.05) is 4.90 Å². The summed E-state index contributed by atoms with van der Waals surface area (Å²) in [6.07, 6.45) is -2.35. The zero-order chi connectivity index (χ0) is 21.7. The fourth-order valence-corrected chi connectivity index (χ4v) is 3.61. The van der Waals surface area contributed by atoms with Gasteiger partial charge >= 0.3 is 12.1 Å². The summed E-state index contributed by atoms with van der Waals surface area (Å²) < 4.78 is 61.0. The van der Waals surface area contributed by atoms with Gasteiger partial charge in [0.05, 0.1) is 37.5 Å². The molecule has 0 bridgehead atoms. The van der Waals surface area contributed by atoms with E-state index in [4.69, 9.17) is 4.74 Å². The van der Waals surface area contributed by atoms with E-state index >= 15 is 0 Å². The van der Waals surface area contributed by atoms with Crippen molar-refractivity contribution in [2.75, 3.05) is 38.4 Å². The van der Waals surface area contributed by atoms with Crippen molar-refractivity contribution in [1.29, 1.82) is 0 Å². The zero-order valence-electron chi connectivity index (χ0n) is 16.4. The molecule has 0 saturated carbocycles. The lowest BCUT2D eigenvalue weighted by Crippen LogP contribution is -2.34. The van der Waals surface area contributed by atoms with Gasteiger partial charge in [-0.1, -0.05) is 12.1 Å². The standard InChI is InChI=1S/C21H22F4N2O3/c1-29-20(28)15-4-7-19(26-11-15)27-12-16(10-18(27)13-30-9-8-22)14-2-5-17(6-3-14)21(23,24)25/h2-7,11,16,18H,8-10,12-13H2,1H3/t16?,18-/m0/s1. The van der Waals surface area contributed by atoms with Gasteiger partial charge in [-0.2, -0.15) is 13.2 Å². The van der Waals surface area contributed by atoms with E-state index in [1.54, 1.807) is 12.1 Å². The molecule has 1 unspecified atom stereocenters. The van der Waals surface area contributed by atoms with Crippen LogP contribution in [0.3, 0.4) is 0 Å². The average molecular weight is 426 g/mol. The third-order valence-corrected chi connectivity index (χ3v) is 5.12. The zero-order valence-corrected chi connectivity index (χ0v) is 16.4. The minimum absolute atomic E-state index is 0.0238. The molecule has 3 rings (SSSR count). The first-order valence-electron chi connectivity index (χ1n) is 9.45. The number of nitrogens with zero attached hydrogens (tertiary/aromatic N) is 2. The van der Waals surface area contributed by atoms with Crippen LogP contribution in [0, 0.1) is 0 Å². The van der Waals surface area contributed by atoms with Crippen molar-refractivity contribution in [3.05, 3.63) is 59.3 Å². The second-order valence-corrected chi connectivity index (χ2v) is 7.02. The molecule has 30 heavy (non-hydrogen) atoms. The van der Waals surface area contributed by atoms with Gasteiger partial charge in [-0.05, 0) is 36.2 Å². The number of anilines is 1. The predicted molar refractivity (Wildman–Crippen MR) is 102 cm³/mol. The average Bonchev–Trinajstić information content (AvgIpc) is 3.17. The third-order valence-electron chi connectivity index (χ3n) is 5.12. The number of carbonyl (C=O) groups excluding carboxylic acids is 1. The Morgan fingerprint density at radius 3 is 2.50 bits per heavy atom. The number of hydrogen-bond acceptors (Lipinski definition) is 5. The van der Waals surface area contributed by atoms with Crippen LogP contribution in [0.15, 0.2) is 42.6 Å². The second kappa shape index (κ2) is 9.42. The smallest absolute Gasteiger partial charge is 0.416 e. The number of ether oxygens (including phenoxy) is 2. The Morgan fingerprint density at radius 2 is 1.93 bits per heavy atom. The quantitative estimate of drug-likeness (QED) is 0.377. The predicted octanol–water partition coefficient (Wildman–Crippen LogP) is 4.24. The number of methoxy groups -OCH3 is 1. The van der Waals surface area contributed by atoms with Gasteiger partial charge in [-0.25, -0.2) is 14.2 Å². The van der Waals surface area contributed by atoms with E-state index in [0.29, 0.717) is 24.3 Å². The summed E-state index contributed by atoms with van der Waals surface area (Å²) in [5.41, 5.74) is 0.404. The van der Waals surface area contributed by atoms with E-state index in [-0.39, 0.29) is 25.2 Å². The van der Waals surface area contributed by atoms with E-state index in [9.17, 15) is 22.4 Å². The molecule has 1 aliphatic rings. The van der Waals surface area contributed by atoms with E-state index in [2.05, 4.69) is 9.72 Å². The molecule has 2 heterocycles. The van der Waals surface area contributed by atoms with Crippen molar-refractivity contribution in [2.24, 2.45) is 0 Å². The lowest BCUT2D eigenvalue weighted by molar-refractivity contribution is -0.137. The summed E-state index contributed by atoms with van der Waals surface area (Å²) in [6.45, 7) is 0.159. The number of hydrogen-bond donors (Lipinski definition) is 0. The fraction of sp³-hybridized carbons (Fsp3) is 0.429. The molecule has 0 amide bonds. The summed E-state index contributed by atoms with van der Waals surface area (Å²) in [7, 11) is 1.28. The van der Waals surface area contributed by atoms with Crippen LogP contribution in [0.4, 0.5) is 23.4 Å². The molecule has 1 fully saturated rings. The van der Waals surface area contributed by atoms with Crippen LogP contribution in [0.1, 0.15) is 33.8 Å². The molecule has 9 heteroatoms. The number of rotatable bonds is 7. The van der Waals surface area contributed by atoms with Crippen molar-refractivity contribution in [3.8, 4) is 0 Å². The topological polar surface area (TPSA) is 51.7 Å². The Balaban J connectivity index is 1.79. The Labute approximate surface area is 171 Å². The maximum absolute atomic E-state index is 12.8. The van der Waals surface area contributed by atoms with Gasteiger partial charge in [0.2, 0.25) is 0 Å². The molecule has 0 spiro atoms. The summed E-state index contributed by atoms with van der Waals surface area (Å²) in [6, 6.07) is 8.30. The first-order valence-corrected chi connectivity index (χ1v) is 9.45. The third kappa shape index (κ3) is 5.08. The molecule has 2 atom stereocenters. The number of aromatic nitrogens is 1. The Kier molecular flexibility index (Phi) is 6.91. The lowest BCUT2D eigenvalue weighted by Gasteiger charge is -2.25. The number of halogens is 4. The van der Waals surface area contributed by atoms with Crippen LogP contribution in [0.2, 0.25) is 0 Å². The van der Waals surface area contributed by atoms with Crippen molar-refractivity contribution in [3.63, 3.8) is 0 Å². The van der Waals surface area contributed by atoms with Crippen LogP contribution >= 0.6 is 0 Å². The molecule has 1 aliphatic heterocycles. The van der Waals surface area contributed by atoms with Gasteiger partial charge in [-0.15, -0.1) is 0 Å². The summed E-state index contributed by atoms with van der Waals surface area (Å²) >= 11 is 0. The Hall–Kier alpha value is -2.68. The number of pyridine rings is 1. The maximum atomic E-state index is 12.8. The Bertz CT molecular complexity index is 841. The molecule has 162 valence electrons. The van der Waals surface area contributed by atoms with E-state index in [0.717, 1.165) is 17.7 Å². The molecule has 0 aliphatic carbocycles. The molecule has 5 nitrogen and oxygen atoms in total. The molecule has 0 radical (unpaired) electrons. The highest BCUT2D eigenvalue weighted by atomic mass is 19.4. The van der Waals surface area contributed by atoms with Gasteiger partial charge in [-0.3, -0.25) is 0 Å². The lowest BCUT2D eigenvalue weighted by atomic mass is 9.95. The number of carbonyl (C=O) groups is 1. The minimum Gasteiger partial charge on any atom is -0.465 e. The number of benzene rings is 1. The fourth-order valence-electron chi connectivity index (χ4n) is 3.61. The largest absolute Gasteiger partial charge is 0.465 e. The van der Waals surface area contributed by atoms with Crippen molar-refractivity contribution in [1.82, 2.24) is 4.98 Å². The van der Waals surface area contributed by atoms with Gasteiger partial charge in [0.15, 0.2) is 0 Å². The highest BCUT2D eigenvalue weighted by molar-refractivity contribution is 5.89. The van der Waals surface area contributed by atoms with Crippen LogP contribution < -0.4 is 4.90 Å². The SMILES string of the molecule is COC(=O)c1ccc(N2CC(c3ccc(C(F)(F)F)cc3)C[C@H]2COCCF)nc1. The highest BCUT2D eigenvalue weighted by Crippen LogP contribution is 2.36. The molecule has 1 saturated heterocycles. The first-order chi connectivity index (χ1) is 14.3. The van der Waals surface area contributed by atoms with Gasteiger partial charge in [0.1, 0.15) is 12.5 Å². The normalized spacial score (nSPS) is 19.2. The van der Waals surface area contributed by atoms with E-state index in [1.165, 1.54) is 25.4 Å². The summed E-state index contributed by atoms with van der Waals surface area (Å²) in [4.78, 5) is 17.9. The summed E-state index contributed by atoms with van der Waals surface area (Å²) in [5, 5.41) is 0. The van der Waals surface area contributed by atoms with Gasteiger partial charge in [0.25, 0.3) is 0 Å². The van der Waals surface area contributed by atoms with Crippen LogP contribution in [0.25, 0.3) is 0 Å². The minimum atomic E-state index is -4.38. The van der Waals surface area contributed by atoms with Crippen LogP contribution in [-0.4, -0.2) is 50.5 Å². The van der Waals surface area contributed by atoms with Crippen LogP contribution in [-0.2, 0) is 15.7 Å². The maximum Gasteiger partial charge on any atom is 0.416 e. The van der Waals surface area contributed by atoms with Crippen molar-refractivity contribution in [2.45, 2.75) is 24.6 Å². The van der Waals surface area contributed by atoms with Crippen molar-refractivity contribution >= 4 is 11.8 Å². The van der Waals surface area contributed by atoms with Crippen molar-refractivity contribution < 1.29 is 31.8 Å². The van der Waals surface area contributed by atoms with E-state index < -0.39 is 24.4 Å². The summed E-state index contributed by atoms with van der Waals surface area (Å²) in [5.74, 6) is 0.0696. The van der Waals surface area contributed by atoms with Crippen LogP contribution in [0.5, 0.6) is 0 Å². The first kappa shape index (κ1) is 22.0.